The van der Waals surface area contributed by atoms with E-state index in [2.05, 4.69) is 7.85 Å². The molecule has 4 nitrogen and oxygen atoms in total. The third kappa shape index (κ3) is 4.28. The summed E-state index contributed by atoms with van der Waals surface area (Å²) in [6, 6.07) is 7.65. The maximum Gasteiger partial charge on any atom is 0.323 e. The van der Waals surface area contributed by atoms with Gasteiger partial charge < -0.3 is 16.6 Å². The lowest BCUT2D eigenvalue weighted by Gasteiger charge is -2.51. The highest BCUT2D eigenvalue weighted by atomic mass is 35.5. The Morgan fingerprint density at radius 1 is 1.35 bits per heavy atom. The Kier molecular flexibility index (Phi) is 5.77. The van der Waals surface area contributed by atoms with Gasteiger partial charge in [0.25, 0.3) is 0 Å². The van der Waals surface area contributed by atoms with Gasteiger partial charge in [-0.05, 0) is 49.3 Å². The van der Waals surface area contributed by atoms with Gasteiger partial charge in [0.05, 0.1) is 0 Å². The van der Waals surface area contributed by atoms with E-state index < -0.39 is 11.5 Å². The van der Waals surface area contributed by atoms with Crippen LogP contribution in [0.2, 0.25) is 11.3 Å². The molecule has 2 rings (SSSR count). The van der Waals surface area contributed by atoms with Crippen molar-refractivity contribution in [1.82, 2.24) is 0 Å². The van der Waals surface area contributed by atoms with Crippen molar-refractivity contribution in [2.24, 2.45) is 17.4 Å². The van der Waals surface area contributed by atoms with Gasteiger partial charge in [0.2, 0.25) is 0 Å². The van der Waals surface area contributed by atoms with Crippen LogP contribution in [0.15, 0.2) is 24.3 Å². The summed E-state index contributed by atoms with van der Waals surface area (Å²) >= 11 is 5.90. The van der Waals surface area contributed by atoms with Crippen LogP contribution in [-0.2, 0) is 11.2 Å². The second-order valence-corrected chi connectivity index (χ2v) is 7.51. The summed E-state index contributed by atoms with van der Waals surface area (Å²) < 4.78 is 0. The highest BCUT2D eigenvalue weighted by Crippen LogP contribution is 2.45. The summed E-state index contributed by atoms with van der Waals surface area (Å²) in [6.45, 7) is 0. The lowest BCUT2D eigenvalue weighted by Crippen LogP contribution is -2.66. The number of hydrogen-bond acceptors (Lipinski definition) is 3. The lowest BCUT2D eigenvalue weighted by atomic mass is 9.58. The summed E-state index contributed by atoms with van der Waals surface area (Å²) in [4.78, 5) is 11.7. The van der Waals surface area contributed by atoms with Crippen LogP contribution in [0.5, 0.6) is 0 Å². The largest absolute Gasteiger partial charge is 0.480 e. The summed E-state index contributed by atoms with van der Waals surface area (Å²) in [7, 11) is 2.10. The van der Waals surface area contributed by atoms with E-state index in [4.69, 9.17) is 23.1 Å². The zero-order valence-electron chi connectivity index (χ0n) is 13.7. The minimum absolute atomic E-state index is 0.0471. The number of nitrogens with two attached hydrogens (primary N) is 2. The molecule has 1 atom stereocenters. The molecule has 0 heterocycles. The first-order valence-corrected chi connectivity index (χ1v) is 8.72. The van der Waals surface area contributed by atoms with E-state index in [0.29, 0.717) is 24.3 Å². The third-order valence-corrected chi connectivity index (χ3v) is 5.35. The molecular weight excluding hydrogens is 310 g/mol. The average molecular weight is 337 g/mol. The molecule has 1 aromatic carbocycles. The van der Waals surface area contributed by atoms with E-state index in [0.717, 1.165) is 31.1 Å². The smallest absolute Gasteiger partial charge is 0.323 e. The number of hydrogen-bond donors (Lipinski definition) is 3. The van der Waals surface area contributed by atoms with Crippen molar-refractivity contribution >= 4 is 25.4 Å². The molecule has 5 N–H and O–H groups in total. The van der Waals surface area contributed by atoms with Crippen LogP contribution < -0.4 is 11.5 Å². The minimum Gasteiger partial charge on any atom is -0.480 e. The summed E-state index contributed by atoms with van der Waals surface area (Å²) in [5.74, 6) is -0.943. The van der Waals surface area contributed by atoms with Gasteiger partial charge in [-0.2, -0.15) is 0 Å². The standard InChI is InChI=1S/C17H26BClN2O2/c18-8-2-1-7-17(21,15(22)23)13-10-16(20,11-13)9-12-3-5-14(19)6-4-12/h3-6,13H,1-2,7-11,18,20-21H2,(H,22,23). The molecular formula is C17H26BClN2O2. The second-order valence-electron chi connectivity index (χ2n) is 7.07. The van der Waals surface area contributed by atoms with E-state index in [1.54, 1.807) is 0 Å². The van der Waals surface area contributed by atoms with Crippen LogP contribution in [0.25, 0.3) is 0 Å². The molecule has 23 heavy (non-hydrogen) atoms. The summed E-state index contributed by atoms with van der Waals surface area (Å²) in [6.07, 6.45) is 5.48. The predicted molar refractivity (Wildman–Crippen MR) is 96.6 cm³/mol. The molecule has 0 saturated heterocycles. The molecule has 0 amide bonds. The van der Waals surface area contributed by atoms with E-state index in [1.807, 2.05) is 24.3 Å². The molecule has 1 unspecified atom stereocenters. The fourth-order valence-electron chi connectivity index (χ4n) is 3.59. The summed E-state index contributed by atoms with van der Waals surface area (Å²) in [5.41, 5.74) is 12.3. The van der Waals surface area contributed by atoms with Gasteiger partial charge in [-0.1, -0.05) is 42.9 Å². The topological polar surface area (TPSA) is 89.3 Å². The molecule has 126 valence electrons. The maximum atomic E-state index is 11.7. The van der Waals surface area contributed by atoms with E-state index in [9.17, 15) is 9.90 Å². The first-order chi connectivity index (χ1) is 10.8. The minimum atomic E-state index is -1.14. The number of halogens is 1. The first kappa shape index (κ1) is 18.3. The monoisotopic (exact) mass is 336 g/mol. The number of unbranched alkanes of at least 4 members (excludes halogenated alkanes) is 1. The Labute approximate surface area is 144 Å². The van der Waals surface area contributed by atoms with Gasteiger partial charge in [-0.15, -0.1) is 0 Å². The Bertz CT molecular complexity index is 546. The SMILES string of the molecule is BCCCCC(N)(C(=O)O)C1CC(N)(Cc2ccc(Cl)cc2)C1. The maximum absolute atomic E-state index is 11.7. The van der Waals surface area contributed by atoms with Crippen LogP contribution in [0.3, 0.4) is 0 Å². The molecule has 0 bridgehead atoms. The second kappa shape index (κ2) is 7.24. The zero-order valence-corrected chi connectivity index (χ0v) is 14.5. The van der Waals surface area contributed by atoms with Gasteiger partial charge in [0, 0.05) is 10.6 Å². The molecule has 1 saturated carbocycles. The number of aliphatic carboxylic acids is 1. The quantitative estimate of drug-likeness (QED) is 0.500. The molecule has 6 heteroatoms. The van der Waals surface area contributed by atoms with Gasteiger partial charge in [0.1, 0.15) is 13.4 Å². The zero-order chi connectivity index (χ0) is 17.1. The average Bonchev–Trinajstić information content (AvgIpc) is 2.47. The number of rotatable bonds is 8. The van der Waals surface area contributed by atoms with E-state index in [-0.39, 0.29) is 11.5 Å². The number of carbonyl (C=O) groups is 1. The van der Waals surface area contributed by atoms with Crippen LogP contribution in [-0.4, -0.2) is 30.0 Å². The van der Waals surface area contributed by atoms with Crippen molar-refractivity contribution in [1.29, 1.82) is 0 Å². The molecule has 0 aromatic heterocycles. The van der Waals surface area contributed by atoms with Crippen molar-refractivity contribution in [3.8, 4) is 0 Å². The highest BCUT2D eigenvalue weighted by molar-refractivity contribution is 6.30. The number of benzene rings is 1. The van der Waals surface area contributed by atoms with Crippen LogP contribution in [0.4, 0.5) is 0 Å². The predicted octanol–water partition coefficient (Wildman–Crippen LogP) is 1.99. The lowest BCUT2D eigenvalue weighted by molar-refractivity contribution is -0.149. The van der Waals surface area contributed by atoms with Crippen molar-refractivity contribution in [3.63, 3.8) is 0 Å². The van der Waals surface area contributed by atoms with Crippen molar-refractivity contribution in [2.45, 2.75) is 55.9 Å². The van der Waals surface area contributed by atoms with Gasteiger partial charge in [0.15, 0.2) is 0 Å². The first-order valence-electron chi connectivity index (χ1n) is 8.35. The van der Waals surface area contributed by atoms with Crippen molar-refractivity contribution < 1.29 is 9.90 Å². The fourth-order valence-corrected chi connectivity index (χ4v) is 3.72. The molecule has 0 spiro atoms. The molecule has 1 fully saturated rings. The molecule has 0 aliphatic heterocycles. The van der Waals surface area contributed by atoms with Crippen LogP contribution >= 0.6 is 11.6 Å². The molecule has 1 aromatic rings. The van der Waals surface area contributed by atoms with Gasteiger partial charge in [-0.25, -0.2) is 0 Å². The number of carboxylic acids is 1. The molecule has 1 aliphatic carbocycles. The Morgan fingerprint density at radius 2 is 1.96 bits per heavy atom. The fraction of sp³-hybridized carbons (Fsp3) is 0.588. The Morgan fingerprint density at radius 3 is 2.48 bits per heavy atom. The van der Waals surface area contributed by atoms with Crippen molar-refractivity contribution in [3.05, 3.63) is 34.9 Å². The van der Waals surface area contributed by atoms with Crippen LogP contribution in [0, 0.1) is 5.92 Å². The normalized spacial score (nSPS) is 26.3. The summed E-state index contributed by atoms with van der Waals surface area (Å²) in [5, 5.41) is 10.3. The van der Waals surface area contributed by atoms with Crippen LogP contribution in [0.1, 0.15) is 37.7 Å². The number of carboxylic acid groups (broad SMARTS) is 1. The molecule has 1 aliphatic rings. The van der Waals surface area contributed by atoms with Crippen molar-refractivity contribution in [2.75, 3.05) is 0 Å². The Hall–Kier alpha value is -1.04. The highest BCUT2D eigenvalue weighted by Gasteiger charge is 2.53. The Balaban J connectivity index is 1.96. The van der Waals surface area contributed by atoms with Gasteiger partial charge in [-0.3, -0.25) is 4.79 Å². The van der Waals surface area contributed by atoms with Gasteiger partial charge >= 0.3 is 5.97 Å². The molecule has 0 radical (unpaired) electrons. The third-order valence-electron chi connectivity index (χ3n) is 5.10. The van der Waals surface area contributed by atoms with E-state index in [1.165, 1.54) is 0 Å². The van der Waals surface area contributed by atoms with E-state index >= 15 is 0 Å².